The fourth-order valence-corrected chi connectivity index (χ4v) is 4.40. The molecule has 0 saturated carbocycles. The second-order valence-electron chi connectivity index (χ2n) is 7.66. The van der Waals surface area contributed by atoms with Crippen LogP contribution in [0.3, 0.4) is 0 Å². The lowest BCUT2D eigenvalue weighted by Crippen LogP contribution is -2.44. The van der Waals surface area contributed by atoms with Crippen molar-refractivity contribution in [2.24, 2.45) is 0 Å². The number of benzene rings is 2. The Morgan fingerprint density at radius 3 is 2.45 bits per heavy atom. The largest absolute Gasteiger partial charge is 0.494 e. The maximum atomic E-state index is 12.5. The quantitative estimate of drug-likeness (QED) is 0.603. The fraction of sp³-hybridized carbons (Fsp3) is 0.333. The molecule has 0 bridgehead atoms. The zero-order valence-corrected chi connectivity index (χ0v) is 18.8. The van der Waals surface area contributed by atoms with Gasteiger partial charge in [-0.2, -0.15) is 0 Å². The average Bonchev–Trinajstić information content (AvgIpc) is 3.24. The Hall–Kier alpha value is -2.90. The molecule has 0 atom stereocenters. The van der Waals surface area contributed by atoms with E-state index in [9.17, 15) is 4.79 Å². The Bertz CT molecular complexity index is 993. The molecule has 3 aromatic rings. The van der Waals surface area contributed by atoms with Crippen molar-refractivity contribution >= 4 is 28.6 Å². The predicted octanol–water partition coefficient (Wildman–Crippen LogP) is 4.14. The standard InChI is InChI=1S/C24H28N4O2S/c1-3-30-22-10-4-18(5-11-22)24-26-20(17-31-24)16-23(29)25-19-6-8-21(9-7-19)28-14-12-27(2)13-15-28/h4-11,17H,3,12-16H2,1-2H3,(H,25,29). The van der Waals surface area contributed by atoms with E-state index in [1.54, 1.807) is 11.3 Å². The van der Waals surface area contributed by atoms with Gasteiger partial charge in [0.25, 0.3) is 0 Å². The molecule has 1 aliphatic heterocycles. The molecule has 0 aliphatic carbocycles. The molecule has 2 aromatic carbocycles. The number of nitrogens with zero attached hydrogens (tertiary/aromatic N) is 3. The summed E-state index contributed by atoms with van der Waals surface area (Å²) in [6, 6.07) is 16.0. The molecule has 1 aliphatic rings. The second-order valence-corrected chi connectivity index (χ2v) is 8.52. The van der Waals surface area contributed by atoms with Gasteiger partial charge in [-0.15, -0.1) is 11.3 Å². The molecule has 1 saturated heterocycles. The topological polar surface area (TPSA) is 57.7 Å². The highest BCUT2D eigenvalue weighted by atomic mass is 32.1. The van der Waals surface area contributed by atoms with Gasteiger partial charge >= 0.3 is 0 Å². The van der Waals surface area contributed by atoms with E-state index in [0.29, 0.717) is 6.61 Å². The Morgan fingerprint density at radius 2 is 1.77 bits per heavy atom. The number of hydrogen-bond donors (Lipinski definition) is 1. The maximum absolute atomic E-state index is 12.5. The van der Waals surface area contributed by atoms with Gasteiger partial charge in [0, 0.05) is 48.5 Å². The van der Waals surface area contributed by atoms with E-state index in [4.69, 9.17) is 4.74 Å². The van der Waals surface area contributed by atoms with Crippen molar-refractivity contribution in [2.75, 3.05) is 50.1 Å². The molecular weight excluding hydrogens is 408 g/mol. The van der Waals surface area contributed by atoms with Crippen LogP contribution in [0.1, 0.15) is 12.6 Å². The Kier molecular flexibility index (Phi) is 6.84. The first-order valence-electron chi connectivity index (χ1n) is 10.6. The number of piperazine rings is 1. The van der Waals surface area contributed by atoms with Crippen molar-refractivity contribution in [3.05, 3.63) is 59.6 Å². The summed E-state index contributed by atoms with van der Waals surface area (Å²) in [5, 5.41) is 5.83. The molecule has 6 nitrogen and oxygen atoms in total. The molecule has 2 heterocycles. The third kappa shape index (κ3) is 5.62. The molecule has 1 fully saturated rings. The number of carbonyl (C=O) groups excluding carboxylic acids is 1. The first kappa shape index (κ1) is 21.3. The van der Waals surface area contributed by atoms with Crippen LogP contribution in [0.15, 0.2) is 53.9 Å². The van der Waals surface area contributed by atoms with Gasteiger partial charge in [-0.05, 0) is 62.5 Å². The lowest BCUT2D eigenvalue weighted by atomic mass is 10.2. The lowest BCUT2D eigenvalue weighted by Gasteiger charge is -2.34. The lowest BCUT2D eigenvalue weighted by molar-refractivity contribution is -0.115. The van der Waals surface area contributed by atoms with Crippen LogP contribution >= 0.6 is 11.3 Å². The summed E-state index contributed by atoms with van der Waals surface area (Å²) in [5.41, 5.74) is 3.82. The summed E-state index contributed by atoms with van der Waals surface area (Å²) in [5.74, 6) is 0.789. The normalized spacial score (nSPS) is 14.5. The predicted molar refractivity (Wildman–Crippen MR) is 127 cm³/mol. The fourth-order valence-electron chi connectivity index (χ4n) is 3.57. The molecule has 0 spiro atoms. The molecule has 0 radical (unpaired) electrons. The number of likely N-dealkylation sites (N-methyl/N-ethyl adjacent to an activating group) is 1. The third-order valence-electron chi connectivity index (χ3n) is 5.33. The van der Waals surface area contributed by atoms with Crippen LogP contribution in [0.5, 0.6) is 5.75 Å². The van der Waals surface area contributed by atoms with Crippen LogP contribution in [-0.4, -0.2) is 55.6 Å². The number of aromatic nitrogens is 1. The van der Waals surface area contributed by atoms with Gasteiger partial charge < -0.3 is 19.9 Å². The van der Waals surface area contributed by atoms with E-state index in [2.05, 4.69) is 39.3 Å². The van der Waals surface area contributed by atoms with Gasteiger partial charge in [0.05, 0.1) is 18.7 Å². The van der Waals surface area contributed by atoms with E-state index in [1.807, 2.05) is 48.7 Å². The molecule has 31 heavy (non-hydrogen) atoms. The number of carbonyl (C=O) groups is 1. The highest BCUT2D eigenvalue weighted by Crippen LogP contribution is 2.26. The van der Waals surface area contributed by atoms with E-state index in [1.165, 1.54) is 5.69 Å². The van der Waals surface area contributed by atoms with Gasteiger partial charge in [-0.1, -0.05) is 0 Å². The van der Waals surface area contributed by atoms with Crippen molar-refractivity contribution in [2.45, 2.75) is 13.3 Å². The molecule has 1 amide bonds. The number of hydrogen-bond acceptors (Lipinski definition) is 6. The van der Waals surface area contributed by atoms with Crippen LogP contribution in [-0.2, 0) is 11.2 Å². The third-order valence-corrected chi connectivity index (χ3v) is 6.27. The minimum atomic E-state index is -0.0594. The molecule has 4 rings (SSSR count). The van der Waals surface area contributed by atoms with E-state index in [0.717, 1.165) is 53.9 Å². The molecule has 7 heteroatoms. The van der Waals surface area contributed by atoms with Gasteiger partial charge in [0.2, 0.25) is 5.91 Å². The summed E-state index contributed by atoms with van der Waals surface area (Å²) in [6.45, 7) is 6.82. The van der Waals surface area contributed by atoms with Gasteiger partial charge in [0.1, 0.15) is 10.8 Å². The van der Waals surface area contributed by atoms with Crippen LogP contribution in [0.25, 0.3) is 10.6 Å². The summed E-state index contributed by atoms with van der Waals surface area (Å²) in [7, 11) is 2.15. The zero-order chi connectivity index (χ0) is 21.6. The second kappa shape index (κ2) is 9.94. The molecular formula is C24H28N4O2S. The zero-order valence-electron chi connectivity index (χ0n) is 18.0. The van der Waals surface area contributed by atoms with Crippen LogP contribution in [0, 0.1) is 0 Å². The first-order chi connectivity index (χ1) is 15.1. The van der Waals surface area contributed by atoms with Crippen LogP contribution < -0.4 is 15.0 Å². The van der Waals surface area contributed by atoms with Crippen LogP contribution in [0.4, 0.5) is 11.4 Å². The maximum Gasteiger partial charge on any atom is 0.230 e. The number of nitrogens with one attached hydrogen (secondary N) is 1. The Morgan fingerprint density at radius 1 is 1.06 bits per heavy atom. The number of anilines is 2. The van der Waals surface area contributed by atoms with Gasteiger partial charge in [0.15, 0.2) is 0 Å². The van der Waals surface area contributed by atoms with E-state index in [-0.39, 0.29) is 12.3 Å². The minimum Gasteiger partial charge on any atom is -0.494 e. The number of ether oxygens (including phenoxy) is 1. The highest BCUT2D eigenvalue weighted by molar-refractivity contribution is 7.13. The van der Waals surface area contributed by atoms with Crippen molar-refractivity contribution < 1.29 is 9.53 Å². The van der Waals surface area contributed by atoms with Gasteiger partial charge in [-0.3, -0.25) is 4.79 Å². The Balaban J connectivity index is 1.32. The monoisotopic (exact) mass is 436 g/mol. The summed E-state index contributed by atoms with van der Waals surface area (Å²) >= 11 is 1.55. The van der Waals surface area contributed by atoms with Crippen molar-refractivity contribution in [3.63, 3.8) is 0 Å². The summed E-state index contributed by atoms with van der Waals surface area (Å²) in [6.07, 6.45) is 0.258. The highest BCUT2D eigenvalue weighted by Gasteiger charge is 2.14. The molecule has 1 N–H and O–H groups in total. The SMILES string of the molecule is CCOc1ccc(-c2nc(CC(=O)Nc3ccc(N4CCN(C)CC4)cc3)cs2)cc1. The van der Waals surface area contributed by atoms with Crippen molar-refractivity contribution in [1.82, 2.24) is 9.88 Å². The van der Waals surface area contributed by atoms with E-state index < -0.39 is 0 Å². The van der Waals surface area contributed by atoms with Gasteiger partial charge in [-0.25, -0.2) is 4.98 Å². The summed E-state index contributed by atoms with van der Waals surface area (Å²) < 4.78 is 5.48. The average molecular weight is 437 g/mol. The number of thiazole rings is 1. The van der Waals surface area contributed by atoms with Crippen molar-refractivity contribution in [1.29, 1.82) is 0 Å². The summed E-state index contributed by atoms with van der Waals surface area (Å²) in [4.78, 5) is 21.8. The van der Waals surface area contributed by atoms with Crippen molar-refractivity contribution in [3.8, 4) is 16.3 Å². The smallest absolute Gasteiger partial charge is 0.230 e. The minimum absolute atomic E-state index is 0.0594. The number of rotatable bonds is 7. The van der Waals surface area contributed by atoms with E-state index >= 15 is 0 Å². The molecule has 162 valence electrons. The molecule has 0 unspecified atom stereocenters. The van der Waals surface area contributed by atoms with Crippen LogP contribution in [0.2, 0.25) is 0 Å². The molecule has 1 aromatic heterocycles. The number of amides is 1. The first-order valence-corrected chi connectivity index (χ1v) is 11.5. The Labute approximate surface area is 187 Å².